The van der Waals surface area contributed by atoms with E-state index in [1.165, 1.54) is 23.3 Å². The van der Waals surface area contributed by atoms with E-state index in [0.29, 0.717) is 62.6 Å². The fourth-order valence-corrected chi connectivity index (χ4v) is 5.30. The first-order chi connectivity index (χ1) is 17.4. The van der Waals surface area contributed by atoms with Crippen LogP contribution >= 0.6 is 11.3 Å². The summed E-state index contributed by atoms with van der Waals surface area (Å²) in [5, 5.41) is 21.6. The van der Waals surface area contributed by atoms with Gasteiger partial charge < -0.3 is 30.3 Å². The predicted molar refractivity (Wildman–Crippen MR) is 130 cm³/mol. The summed E-state index contributed by atoms with van der Waals surface area (Å²) in [6, 6.07) is 1.43. The van der Waals surface area contributed by atoms with Crippen molar-refractivity contribution in [1.29, 1.82) is 0 Å². The van der Waals surface area contributed by atoms with E-state index < -0.39 is 12.2 Å². The van der Waals surface area contributed by atoms with Crippen LogP contribution in [-0.2, 0) is 4.74 Å². The van der Waals surface area contributed by atoms with Gasteiger partial charge in [0.05, 0.1) is 18.9 Å². The lowest BCUT2D eigenvalue weighted by atomic mass is 10.0. The van der Waals surface area contributed by atoms with Gasteiger partial charge in [0.15, 0.2) is 5.82 Å². The number of hydrogen-bond donors (Lipinski definition) is 3. The van der Waals surface area contributed by atoms with Crippen molar-refractivity contribution in [3.05, 3.63) is 29.5 Å². The molecule has 36 heavy (non-hydrogen) atoms. The van der Waals surface area contributed by atoms with E-state index in [4.69, 9.17) is 0 Å². The third kappa shape index (κ3) is 4.89. The highest BCUT2D eigenvalue weighted by Gasteiger charge is 2.29. The van der Waals surface area contributed by atoms with Gasteiger partial charge >= 0.3 is 12.2 Å². The second-order valence-corrected chi connectivity index (χ2v) is 9.63. The number of aromatic nitrogens is 4. The van der Waals surface area contributed by atoms with Gasteiger partial charge in [-0.2, -0.15) is 5.10 Å². The van der Waals surface area contributed by atoms with Crippen LogP contribution in [-0.4, -0.2) is 98.0 Å². The summed E-state index contributed by atoms with van der Waals surface area (Å²) in [6.45, 7) is 1.70. The summed E-state index contributed by atoms with van der Waals surface area (Å²) in [6.07, 6.45) is 3.92. The van der Waals surface area contributed by atoms with E-state index in [1.54, 1.807) is 21.7 Å². The minimum Gasteiger partial charge on any atom is -0.465 e. The van der Waals surface area contributed by atoms with Gasteiger partial charge in [0.2, 0.25) is 0 Å². The maximum absolute atomic E-state index is 13.4. The summed E-state index contributed by atoms with van der Waals surface area (Å²) in [7, 11) is 1.32. The summed E-state index contributed by atoms with van der Waals surface area (Å²) in [5.74, 6) is 0.598. The molecule has 0 saturated carbocycles. The van der Waals surface area contributed by atoms with Gasteiger partial charge in [0.1, 0.15) is 16.3 Å². The van der Waals surface area contributed by atoms with Crippen LogP contribution in [0.4, 0.5) is 15.4 Å². The number of ether oxygens (including phenoxy) is 1. The number of fused-ring (bicyclic) bond motifs is 1. The number of carbonyl (C=O) groups is 3. The average molecular weight is 515 g/mol. The van der Waals surface area contributed by atoms with Gasteiger partial charge in [0, 0.05) is 55.9 Å². The lowest BCUT2D eigenvalue weighted by Gasteiger charge is -2.32. The molecule has 0 radical (unpaired) electrons. The summed E-state index contributed by atoms with van der Waals surface area (Å²) in [4.78, 5) is 49.4. The second kappa shape index (κ2) is 9.97. The van der Waals surface area contributed by atoms with Crippen LogP contribution in [0.25, 0.3) is 16.2 Å². The highest BCUT2D eigenvalue weighted by Crippen LogP contribution is 2.27. The number of likely N-dealkylation sites (tertiary alicyclic amines) is 2. The Labute approximate surface area is 210 Å². The average Bonchev–Trinajstić information content (AvgIpc) is 3.61. The zero-order chi connectivity index (χ0) is 25.2. The third-order valence-corrected chi connectivity index (χ3v) is 7.31. The van der Waals surface area contributed by atoms with Crippen molar-refractivity contribution in [2.75, 3.05) is 38.6 Å². The number of anilines is 1. The molecule has 0 unspecified atom stereocenters. The molecule has 1 atom stereocenters. The predicted octanol–water partition coefficient (Wildman–Crippen LogP) is 1.98. The zero-order valence-corrected chi connectivity index (χ0v) is 20.4. The molecule has 14 heteroatoms. The van der Waals surface area contributed by atoms with Crippen molar-refractivity contribution in [2.24, 2.45) is 0 Å². The zero-order valence-electron chi connectivity index (χ0n) is 19.6. The fourth-order valence-electron chi connectivity index (χ4n) is 4.51. The first-order valence-corrected chi connectivity index (χ1v) is 12.5. The normalized spacial score (nSPS) is 18.4. The SMILES string of the molecule is COC(=O)NC1CCN(C(=O)c2cc(N[C@@H]3CCN(C(=O)O)C3)nc(-c3cnn4ccsc34)n2)CC1. The van der Waals surface area contributed by atoms with Crippen molar-refractivity contribution < 1.29 is 24.2 Å². The Hall–Kier alpha value is -3.94. The van der Waals surface area contributed by atoms with Crippen LogP contribution in [0.5, 0.6) is 0 Å². The van der Waals surface area contributed by atoms with E-state index in [-0.39, 0.29) is 23.7 Å². The van der Waals surface area contributed by atoms with Crippen LogP contribution in [0.1, 0.15) is 29.8 Å². The molecule has 0 aliphatic carbocycles. The van der Waals surface area contributed by atoms with Crippen molar-refractivity contribution in [3.63, 3.8) is 0 Å². The van der Waals surface area contributed by atoms with Crippen molar-refractivity contribution >= 4 is 40.1 Å². The molecular weight excluding hydrogens is 488 g/mol. The van der Waals surface area contributed by atoms with Gasteiger partial charge in [-0.05, 0) is 19.3 Å². The minimum atomic E-state index is -0.955. The summed E-state index contributed by atoms with van der Waals surface area (Å²) in [5.41, 5.74) is 0.952. The maximum atomic E-state index is 13.4. The Morgan fingerprint density at radius 1 is 1.11 bits per heavy atom. The van der Waals surface area contributed by atoms with E-state index in [0.717, 1.165) is 4.83 Å². The van der Waals surface area contributed by atoms with Gasteiger partial charge in [-0.1, -0.05) is 0 Å². The number of nitrogens with zero attached hydrogens (tertiary/aromatic N) is 6. The van der Waals surface area contributed by atoms with Crippen molar-refractivity contribution in [3.8, 4) is 11.4 Å². The highest BCUT2D eigenvalue weighted by molar-refractivity contribution is 7.16. The fraction of sp³-hybridized carbons (Fsp3) is 0.455. The summed E-state index contributed by atoms with van der Waals surface area (Å²) < 4.78 is 6.39. The number of alkyl carbamates (subject to hydrolysis) is 1. The molecule has 0 bridgehead atoms. The first-order valence-electron chi connectivity index (χ1n) is 11.6. The maximum Gasteiger partial charge on any atom is 0.407 e. The molecule has 3 amide bonds. The second-order valence-electron chi connectivity index (χ2n) is 8.73. The van der Waals surface area contributed by atoms with Crippen LogP contribution in [0, 0.1) is 0 Å². The quantitative estimate of drug-likeness (QED) is 0.463. The number of hydrogen-bond acceptors (Lipinski definition) is 9. The third-order valence-electron chi connectivity index (χ3n) is 6.42. The van der Waals surface area contributed by atoms with Crippen LogP contribution in [0.15, 0.2) is 23.8 Å². The van der Waals surface area contributed by atoms with Gasteiger partial charge in [0.25, 0.3) is 5.91 Å². The number of carbonyl (C=O) groups excluding carboxylic acids is 2. The molecule has 0 spiro atoms. The number of amides is 3. The molecule has 2 aliphatic rings. The molecule has 3 N–H and O–H groups in total. The molecule has 2 aliphatic heterocycles. The Morgan fingerprint density at radius 2 is 1.86 bits per heavy atom. The number of carboxylic acid groups (broad SMARTS) is 1. The van der Waals surface area contributed by atoms with Gasteiger partial charge in [-0.25, -0.2) is 24.1 Å². The standard InChI is InChI=1S/C22H26N8O5S/c1-35-21(32)25-13-2-5-28(6-3-13)19(31)16-10-17(24-14-4-7-29(12-14)22(33)34)27-18(26-16)15-11-23-30-8-9-36-20(15)30/h8-11,13-14H,2-7,12H2,1H3,(H,25,32)(H,33,34)(H,24,26,27)/t14-/m1/s1. The van der Waals surface area contributed by atoms with Gasteiger partial charge in [-0.15, -0.1) is 11.3 Å². The minimum absolute atomic E-state index is 0.0567. The topological polar surface area (TPSA) is 154 Å². The van der Waals surface area contributed by atoms with Gasteiger partial charge in [-0.3, -0.25) is 4.79 Å². The molecule has 2 saturated heterocycles. The highest BCUT2D eigenvalue weighted by atomic mass is 32.1. The molecular formula is C22H26N8O5S. The van der Waals surface area contributed by atoms with Crippen molar-refractivity contribution in [1.82, 2.24) is 34.7 Å². The Morgan fingerprint density at radius 3 is 2.58 bits per heavy atom. The van der Waals surface area contributed by atoms with Crippen LogP contribution in [0.3, 0.4) is 0 Å². The Bertz CT molecular complexity index is 1280. The summed E-state index contributed by atoms with van der Waals surface area (Å²) >= 11 is 1.49. The smallest absolute Gasteiger partial charge is 0.407 e. The number of thiazole rings is 1. The molecule has 5 rings (SSSR count). The number of rotatable bonds is 5. The number of nitrogens with one attached hydrogen (secondary N) is 2. The molecule has 2 fully saturated rings. The van der Waals surface area contributed by atoms with E-state index in [2.05, 4.69) is 30.4 Å². The molecule has 0 aromatic carbocycles. The van der Waals surface area contributed by atoms with E-state index >= 15 is 0 Å². The lowest BCUT2D eigenvalue weighted by Crippen LogP contribution is -2.46. The van der Waals surface area contributed by atoms with Crippen LogP contribution < -0.4 is 10.6 Å². The molecule has 3 aromatic rings. The molecule has 13 nitrogen and oxygen atoms in total. The molecule has 3 aromatic heterocycles. The lowest BCUT2D eigenvalue weighted by molar-refractivity contribution is 0.0698. The molecule has 190 valence electrons. The van der Waals surface area contributed by atoms with E-state index in [9.17, 15) is 19.5 Å². The van der Waals surface area contributed by atoms with Crippen molar-refractivity contribution in [2.45, 2.75) is 31.3 Å². The number of methoxy groups -OCH3 is 1. The Balaban J connectivity index is 1.39. The van der Waals surface area contributed by atoms with E-state index in [1.807, 2.05) is 11.6 Å². The monoisotopic (exact) mass is 514 g/mol. The number of piperidine rings is 1. The first kappa shape index (κ1) is 23.8. The largest absolute Gasteiger partial charge is 0.465 e. The van der Waals surface area contributed by atoms with Crippen LogP contribution in [0.2, 0.25) is 0 Å². The Kier molecular flexibility index (Phi) is 6.59. The molecule has 5 heterocycles.